The summed E-state index contributed by atoms with van der Waals surface area (Å²) in [5, 5.41) is 20.2. The van der Waals surface area contributed by atoms with Gasteiger partial charge in [0.25, 0.3) is 0 Å². The van der Waals surface area contributed by atoms with Gasteiger partial charge in [0.1, 0.15) is 11.3 Å². The highest BCUT2D eigenvalue weighted by atomic mass is 19.1. The summed E-state index contributed by atoms with van der Waals surface area (Å²) in [6, 6.07) is 0.0640. The summed E-state index contributed by atoms with van der Waals surface area (Å²) in [4.78, 5) is 22.9. The summed E-state index contributed by atoms with van der Waals surface area (Å²) in [7, 11) is 0. The molecule has 0 radical (unpaired) electrons. The van der Waals surface area contributed by atoms with Crippen LogP contribution in [0.4, 0.5) is 4.39 Å². The Hall–Kier alpha value is -3.23. The molecule has 1 aromatic heterocycles. The molecule has 1 aromatic carbocycles. The minimum Gasteiger partial charge on any atom is -0.463 e. The van der Waals surface area contributed by atoms with E-state index in [2.05, 4.69) is 21.8 Å². The Balaban J connectivity index is 2.10. The third-order valence-electron chi connectivity index (χ3n) is 8.73. The first-order valence-corrected chi connectivity index (χ1v) is 15.4. The second kappa shape index (κ2) is 14.5. The number of ketones is 1. The fourth-order valence-electron chi connectivity index (χ4n) is 5.73. The van der Waals surface area contributed by atoms with Crippen molar-refractivity contribution in [1.29, 1.82) is 5.41 Å². The number of carbonyl (C=O) groups is 1. The minimum absolute atomic E-state index is 0.0367. The van der Waals surface area contributed by atoms with E-state index in [9.17, 15) is 15.3 Å². The molecule has 0 atom stereocenters. The molecule has 0 aliphatic heterocycles. The van der Waals surface area contributed by atoms with Crippen LogP contribution in [0.15, 0.2) is 40.1 Å². The Morgan fingerprint density at radius 3 is 2.33 bits per heavy atom. The van der Waals surface area contributed by atoms with Crippen molar-refractivity contribution in [2.24, 2.45) is 5.41 Å². The molecule has 0 amide bonds. The van der Waals surface area contributed by atoms with Crippen LogP contribution in [0.3, 0.4) is 0 Å². The standard InChI is InChI=1S/C35H49FN4O3/c1-10-15-40(17-23(7)42)19-35(13-14-35)20-43-34-38-16-27-28(18-41)26(12-3)30(31(36)33(27)39-34)32(37)29(24(8)21(4)5)25(9)22(6)11-2/h11,16,37,41H,10,12-15,17-20H2,1-9H3/b22-11-,29-25-,37-32?. The number of nitrogens with zero attached hydrogens (tertiary/aromatic N) is 3. The van der Waals surface area contributed by atoms with E-state index in [1.165, 1.54) is 6.20 Å². The second-order valence-corrected chi connectivity index (χ2v) is 12.2. The normalized spacial score (nSPS) is 15.0. The predicted octanol–water partition coefficient (Wildman–Crippen LogP) is 7.29. The van der Waals surface area contributed by atoms with E-state index in [4.69, 9.17) is 4.74 Å². The third-order valence-corrected chi connectivity index (χ3v) is 8.73. The first-order valence-electron chi connectivity index (χ1n) is 15.4. The van der Waals surface area contributed by atoms with Gasteiger partial charge in [-0.25, -0.2) is 9.37 Å². The lowest BCUT2D eigenvalue weighted by atomic mass is 9.84. The van der Waals surface area contributed by atoms with Crippen molar-refractivity contribution in [2.75, 3.05) is 26.2 Å². The van der Waals surface area contributed by atoms with E-state index in [1.54, 1.807) is 6.92 Å². The highest BCUT2D eigenvalue weighted by Crippen LogP contribution is 2.46. The number of Topliss-reactive ketones (excluding diaryl/α,β-unsaturated/α-hetero) is 1. The molecule has 0 unspecified atom stereocenters. The number of halogens is 1. The van der Waals surface area contributed by atoms with Gasteiger partial charge in [-0.1, -0.05) is 31.1 Å². The van der Waals surface area contributed by atoms with Gasteiger partial charge in [0.15, 0.2) is 5.82 Å². The topological polar surface area (TPSA) is 99.4 Å². The molecule has 1 heterocycles. The minimum atomic E-state index is -0.608. The maximum absolute atomic E-state index is 16.6. The van der Waals surface area contributed by atoms with Crippen LogP contribution in [0.2, 0.25) is 0 Å². The van der Waals surface area contributed by atoms with E-state index in [0.717, 1.165) is 54.6 Å². The van der Waals surface area contributed by atoms with Crippen LogP contribution in [0.5, 0.6) is 6.01 Å². The summed E-state index contributed by atoms with van der Waals surface area (Å²) in [5.41, 5.74) is 5.83. The monoisotopic (exact) mass is 592 g/mol. The van der Waals surface area contributed by atoms with Crippen molar-refractivity contribution in [3.63, 3.8) is 0 Å². The molecular weight excluding hydrogens is 543 g/mol. The van der Waals surface area contributed by atoms with E-state index in [-0.39, 0.29) is 40.6 Å². The van der Waals surface area contributed by atoms with Gasteiger partial charge in [0, 0.05) is 34.7 Å². The highest BCUT2D eigenvalue weighted by molar-refractivity contribution is 6.16. The second-order valence-electron chi connectivity index (χ2n) is 12.2. The van der Waals surface area contributed by atoms with Gasteiger partial charge >= 0.3 is 6.01 Å². The predicted molar refractivity (Wildman–Crippen MR) is 172 cm³/mol. The smallest absolute Gasteiger partial charge is 0.317 e. The number of aromatic nitrogens is 2. The molecule has 2 N–H and O–H groups in total. The van der Waals surface area contributed by atoms with Crippen molar-refractivity contribution in [1.82, 2.24) is 14.9 Å². The zero-order valence-electron chi connectivity index (χ0n) is 27.5. The van der Waals surface area contributed by atoms with Crippen molar-refractivity contribution < 1.29 is 19.0 Å². The molecule has 0 saturated heterocycles. The first-order chi connectivity index (χ1) is 20.3. The number of hydrogen-bond acceptors (Lipinski definition) is 7. The fraction of sp³-hybridized carbons (Fsp3) is 0.543. The lowest BCUT2D eigenvalue weighted by Gasteiger charge is -2.26. The molecular formula is C35H49FN4O3. The Labute approximate surface area is 256 Å². The zero-order valence-corrected chi connectivity index (χ0v) is 27.5. The Kier molecular flexibility index (Phi) is 11.6. The quantitative estimate of drug-likeness (QED) is 0.166. The number of nitrogens with one attached hydrogen (secondary N) is 1. The number of aliphatic hydroxyl groups is 1. The molecule has 1 aliphatic carbocycles. The van der Waals surface area contributed by atoms with Crippen LogP contribution in [-0.4, -0.2) is 57.7 Å². The lowest BCUT2D eigenvalue weighted by Crippen LogP contribution is -2.37. The molecule has 0 spiro atoms. The largest absolute Gasteiger partial charge is 0.463 e. The fourth-order valence-corrected chi connectivity index (χ4v) is 5.73. The van der Waals surface area contributed by atoms with Gasteiger partial charge < -0.3 is 9.84 Å². The summed E-state index contributed by atoms with van der Waals surface area (Å²) < 4.78 is 22.7. The summed E-state index contributed by atoms with van der Waals surface area (Å²) >= 11 is 0. The first kappa shape index (κ1) is 34.3. The van der Waals surface area contributed by atoms with Crippen molar-refractivity contribution in [3.05, 3.63) is 62.6 Å². The molecule has 2 aromatic rings. The zero-order chi connectivity index (χ0) is 32.1. The maximum Gasteiger partial charge on any atom is 0.317 e. The Morgan fingerprint density at radius 2 is 1.81 bits per heavy atom. The van der Waals surface area contributed by atoms with Crippen LogP contribution >= 0.6 is 0 Å². The van der Waals surface area contributed by atoms with Gasteiger partial charge in [-0.2, -0.15) is 4.98 Å². The van der Waals surface area contributed by atoms with Crippen molar-refractivity contribution in [2.45, 2.75) is 94.6 Å². The van der Waals surface area contributed by atoms with Gasteiger partial charge in [-0.3, -0.25) is 15.1 Å². The molecule has 43 heavy (non-hydrogen) atoms. The number of hydrogen-bond donors (Lipinski definition) is 2. The van der Waals surface area contributed by atoms with Crippen molar-refractivity contribution in [3.8, 4) is 6.01 Å². The number of benzene rings is 1. The molecule has 0 bridgehead atoms. The Morgan fingerprint density at radius 1 is 1.14 bits per heavy atom. The number of rotatable bonds is 15. The van der Waals surface area contributed by atoms with E-state index in [0.29, 0.717) is 41.7 Å². The highest BCUT2D eigenvalue weighted by Gasteiger charge is 2.45. The molecule has 234 valence electrons. The van der Waals surface area contributed by atoms with Crippen LogP contribution in [0.1, 0.15) is 98.3 Å². The van der Waals surface area contributed by atoms with E-state index >= 15 is 4.39 Å². The third kappa shape index (κ3) is 7.65. The number of carbonyl (C=O) groups excluding carboxylic acids is 1. The van der Waals surface area contributed by atoms with Gasteiger partial charge in [0.05, 0.1) is 25.5 Å². The molecule has 1 fully saturated rings. The van der Waals surface area contributed by atoms with E-state index < -0.39 is 5.82 Å². The van der Waals surface area contributed by atoms with Crippen LogP contribution in [0, 0.1) is 16.6 Å². The summed E-state index contributed by atoms with van der Waals surface area (Å²) in [5.74, 6) is -0.470. The maximum atomic E-state index is 16.6. The Bertz CT molecular complexity index is 1480. The van der Waals surface area contributed by atoms with Gasteiger partial charge in [-0.05, 0) is 103 Å². The molecule has 3 rings (SSSR count). The molecule has 7 nitrogen and oxygen atoms in total. The lowest BCUT2D eigenvalue weighted by molar-refractivity contribution is -0.118. The molecule has 1 saturated carbocycles. The van der Waals surface area contributed by atoms with Gasteiger partial charge in [-0.15, -0.1) is 0 Å². The van der Waals surface area contributed by atoms with Gasteiger partial charge in [0.2, 0.25) is 0 Å². The summed E-state index contributed by atoms with van der Waals surface area (Å²) in [6.45, 7) is 19.5. The summed E-state index contributed by atoms with van der Waals surface area (Å²) in [6.07, 6.45) is 6.85. The van der Waals surface area contributed by atoms with Crippen LogP contribution in [-0.2, 0) is 17.8 Å². The SMILES string of the molecule is C/C=C(C)\C(C)=C(/C(=N)c1c(CC)c(CO)c2cnc(OCC3(CN(CCC)CC(C)=O)CC3)nc2c1F)C(C)=C(C)C. The average molecular weight is 593 g/mol. The van der Waals surface area contributed by atoms with Crippen LogP contribution < -0.4 is 4.74 Å². The number of ether oxygens (including phenoxy) is 1. The van der Waals surface area contributed by atoms with E-state index in [1.807, 2.05) is 54.5 Å². The number of allylic oxidation sites excluding steroid dienone is 6. The number of fused-ring (bicyclic) bond motifs is 1. The molecule has 1 aliphatic rings. The average Bonchev–Trinajstić information content (AvgIpc) is 3.74. The van der Waals surface area contributed by atoms with Crippen molar-refractivity contribution >= 4 is 22.4 Å². The van der Waals surface area contributed by atoms with Crippen LogP contribution in [0.25, 0.3) is 10.9 Å². The molecule has 8 heteroatoms. The number of aliphatic hydroxyl groups excluding tert-OH is 1.